The number of nitrogens with zero attached hydrogens (tertiary/aromatic N) is 1. The van der Waals surface area contributed by atoms with Gasteiger partial charge in [0.1, 0.15) is 5.03 Å². The van der Waals surface area contributed by atoms with Gasteiger partial charge in [-0.2, -0.15) is 0 Å². The summed E-state index contributed by atoms with van der Waals surface area (Å²) in [6, 6.07) is 2.77. The van der Waals surface area contributed by atoms with E-state index in [0.29, 0.717) is 5.75 Å². The first-order valence-electron chi connectivity index (χ1n) is 4.26. The van der Waals surface area contributed by atoms with E-state index in [1.54, 1.807) is 6.92 Å². The van der Waals surface area contributed by atoms with Crippen LogP contribution in [-0.2, 0) is 10.8 Å². The molecule has 1 heterocycles. The quantitative estimate of drug-likeness (QED) is 0.830. The van der Waals surface area contributed by atoms with Crippen molar-refractivity contribution in [1.29, 1.82) is 0 Å². The third kappa shape index (κ3) is 2.53. The van der Waals surface area contributed by atoms with E-state index in [2.05, 4.69) is 4.98 Å². The van der Waals surface area contributed by atoms with Gasteiger partial charge in [0.2, 0.25) is 5.88 Å². The fourth-order valence-electron chi connectivity index (χ4n) is 1.01. The molecule has 15 heavy (non-hydrogen) atoms. The minimum Gasteiger partial charge on any atom is -0.481 e. The average Bonchev–Trinajstić information content (AvgIpc) is 2.26. The van der Waals surface area contributed by atoms with Crippen molar-refractivity contribution in [2.75, 3.05) is 12.9 Å². The van der Waals surface area contributed by atoms with Gasteiger partial charge >= 0.3 is 5.97 Å². The van der Waals surface area contributed by atoms with Gasteiger partial charge in [0.05, 0.1) is 23.5 Å². The topological polar surface area (TPSA) is 76.5 Å². The van der Waals surface area contributed by atoms with Crippen molar-refractivity contribution in [3.8, 4) is 5.88 Å². The van der Waals surface area contributed by atoms with E-state index in [9.17, 15) is 9.00 Å². The van der Waals surface area contributed by atoms with E-state index in [4.69, 9.17) is 9.84 Å². The molecule has 0 saturated carbocycles. The molecular formula is C9H11NO4S. The molecular weight excluding hydrogens is 218 g/mol. The van der Waals surface area contributed by atoms with Crippen LogP contribution in [0.5, 0.6) is 5.88 Å². The van der Waals surface area contributed by atoms with E-state index in [-0.39, 0.29) is 16.5 Å². The third-order valence-corrected chi connectivity index (χ3v) is 3.02. The smallest absolute Gasteiger partial charge is 0.338 e. The Labute approximate surface area is 89.6 Å². The summed E-state index contributed by atoms with van der Waals surface area (Å²) in [7, 11) is 0.0117. The van der Waals surface area contributed by atoms with Crippen LogP contribution in [0.1, 0.15) is 17.3 Å². The molecule has 0 bridgehead atoms. The van der Waals surface area contributed by atoms with Crippen molar-refractivity contribution in [2.24, 2.45) is 0 Å². The van der Waals surface area contributed by atoms with Gasteiger partial charge in [-0.25, -0.2) is 9.78 Å². The highest BCUT2D eigenvalue weighted by atomic mass is 32.2. The Hall–Kier alpha value is -1.43. The predicted octanol–water partition coefficient (Wildman–Crippen LogP) is 0.916. The van der Waals surface area contributed by atoms with Crippen LogP contribution in [-0.4, -0.2) is 33.1 Å². The molecule has 1 aromatic heterocycles. The summed E-state index contributed by atoms with van der Waals surface area (Å²) in [6.45, 7) is 1.70. The summed E-state index contributed by atoms with van der Waals surface area (Å²) >= 11 is 0. The molecule has 0 aliphatic carbocycles. The molecule has 1 aromatic rings. The van der Waals surface area contributed by atoms with E-state index < -0.39 is 16.8 Å². The molecule has 6 heteroatoms. The van der Waals surface area contributed by atoms with Crippen molar-refractivity contribution in [3.63, 3.8) is 0 Å². The van der Waals surface area contributed by atoms with Crippen molar-refractivity contribution in [3.05, 3.63) is 17.7 Å². The van der Waals surface area contributed by atoms with E-state index in [1.807, 2.05) is 0 Å². The predicted molar refractivity (Wildman–Crippen MR) is 54.7 cm³/mol. The first-order chi connectivity index (χ1) is 7.10. The maximum absolute atomic E-state index is 11.5. The van der Waals surface area contributed by atoms with Crippen LogP contribution >= 0.6 is 0 Å². The summed E-state index contributed by atoms with van der Waals surface area (Å²) in [5.41, 5.74) is -0.0454. The minimum absolute atomic E-state index is 0.0454. The number of carboxylic acids is 1. The number of hydrogen-bond acceptors (Lipinski definition) is 4. The van der Waals surface area contributed by atoms with Gasteiger partial charge in [-0.3, -0.25) is 4.21 Å². The van der Waals surface area contributed by atoms with Crippen molar-refractivity contribution in [1.82, 2.24) is 4.98 Å². The lowest BCUT2D eigenvalue weighted by Crippen LogP contribution is -2.08. The number of carboxylic acid groups (broad SMARTS) is 1. The molecule has 0 fully saturated rings. The second kappa shape index (κ2) is 4.88. The van der Waals surface area contributed by atoms with Crippen LogP contribution in [0.3, 0.4) is 0 Å². The molecule has 0 aliphatic heterocycles. The van der Waals surface area contributed by atoms with Crippen molar-refractivity contribution in [2.45, 2.75) is 11.9 Å². The SMILES string of the molecule is CCS(=O)c1nc(OC)ccc1C(=O)O. The summed E-state index contributed by atoms with van der Waals surface area (Å²) in [5, 5.41) is 8.92. The van der Waals surface area contributed by atoms with Crippen molar-refractivity contribution < 1.29 is 18.8 Å². The lowest BCUT2D eigenvalue weighted by Gasteiger charge is -2.05. The lowest BCUT2D eigenvalue weighted by atomic mass is 10.3. The molecule has 0 saturated heterocycles. The van der Waals surface area contributed by atoms with Crippen LogP contribution in [0, 0.1) is 0 Å². The Morgan fingerprint density at radius 1 is 1.60 bits per heavy atom. The largest absolute Gasteiger partial charge is 0.481 e. The number of methoxy groups -OCH3 is 1. The maximum atomic E-state index is 11.5. The van der Waals surface area contributed by atoms with E-state index in [1.165, 1.54) is 19.2 Å². The Balaban J connectivity index is 3.28. The van der Waals surface area contributed by atoms with Gasteiger partial charge in [0.25, 0.3) is 0 Å². The fourth-order valence-corrected chi connectivity index (χ4v) is 1.88. The molecule has 0 radical (unpaired) electrons. The molecule has 0 spiro atoms. The standard InChI is InChI=1S/C9H11NO4S/c1-3-15(13)8-6(9(11)12)4-5-7(10-8)14-2/h4-5H,3H2,1-2H3,(H,11,12). The summed E-state index contributed by atoms with van der Waals surface area (Å²) in [5.74, 6) is -0.556. The van der Waals surface area contributed by atoms with Gasteiger partial charge in [-0.15, -0.1) is 0 Å². The number of ether oxygens (including phenoxy) is 1. The maximum Gasteiger partial charge on any atom is 0.338 e. The average molecular weight is 229 g/mol. The summed E-state index contributed by atoms with van der Waals surface area (Å²) < 4.78 is 16.4. The first kappa shape index (κ1) is 11.6. The lowest BCUT2D eigenvalue weighted by molar-refractivity contribution is 0.0692. The molecule has 82 valence electrons. The number of aromatic carboxylic acids is 1. The highest BCUT2D eigenvalue weighted by Gasteiger charge is 2.16. The normalized spacial score (nSPS) is 12.1. The monoisotopic (exact) mass is 229 g/mol. The van der Waals surface area contributed by atoms with Crippen LogP contribution in [0.25, 0.3) is 0 Å². The van der Waals surface area contributed by atoms with Gasteiger partial charge in [-0.05, 0) is 6.07 Å². The van der Waals surface area contributed by atoms with E-state index in [0.717, 1.165) is 0 Å². The van der Waals surface area contributed by atoms with Crippen LogP contribution in [0.4, 0.5) is 0 Å². The third-order valence-electron chi connectivity index (χ3n) is 1.75. The minimum atomic E-state index is -1.41. The number of rotatable bonds is 4. The molecule has 0 aliphatic rings. The summed E-state index contributed by atoms with van der Waals surface area (Å²) in [6.07, 6.45) is 0. The fraction of sp³-hybridized carbons (Fsp3) is 0.333. The second-order valence-electron chi connectivity index (χ2n) is 2.65. The van der Waals surface area contributed by atoms with Gasteiger partial charge in [-0.1, -0.05) is 6.92 Å². The van der Waals surface area contributed by atoms with Crippen LogP contribution in [0.2, 0.25) is 0 Å². The van der Waals surface area contributed by atoms with Gasteiger partial charge in [0.15, 0.2) is 0 Å². The highest BCUT2D eigenvalue weighted by Crippen LogP contribution is 2.16. The molecule has 1 atom stereocenters. The molecule has 0 aromatic carbocycles. The Morgan fingerprint density at radius 3 is 2.73 bits per heavy atom. The zero-order valence-corrected chi connectivity index (χ0v) is 9.21. The molecule has 1 N–H and O–H groups in total. The van der Waals surface area contributed by atoms with Crippen LogP contribution < -0.4 is 4.74 Å². The number of pyridine rings is 1. The number of carbonyl (C=O) groups is 1. The van der Waals surface area contributed by atoms with Crippen molar-refractivity contribution >= 4 is 16.8 Å². The first-order valence-corrected chi connectivity index (χ1v) is 5.58. The number of aromatic nitrogens is 1. The van der Waals surface area contributed by atoms with E-state index >= 15 is 0 Å². The Morgan fingerprint density at radius 2 is 2.27 bits per heavy atom. The summed E-state index contributed by atoms with van der Waals surface area (Å²) in [4.78, 5) is 14.7. The highest BCUT2D eigenvalue weighted by molar-refractivity contribution is 7.85. The molecule has 1 rings (SSSR count). The Bertz CT molecular complexity index is 405. The zero-order valence-electron chi connectivity index (χ0n) is 8.39. The van der Waals surface area contributed by atoms with Gasteiger partial charge in [0, 0.05) is 11.8 Å². The molecule has 5 nitrogen and oxygen atoms in total. The second-order valence-corrected chi connectivity index (χ2v) is 4.30. The van der Waals surface area contributed by atoms with Crippen LogP contribution in [0.15, 0.2) is 17.2 Å². The zero-order chi connectivity index (χ0) is 11.4. The molecule has 0 amide bonds. The number of hydrogen-bond donors (Lipinski definition) is 1. The van der Waals surface area contributed by atoms with Gasteiger partial charge < -0.3 is 9.84 Å². The molecule has 1 unspecified atom stereocenters. The Kier molecular flexibility index (Phi) is 3.79.